The molecule has 0 aromatic carbocycles. The monoisotopic (exact) mass is 294 g/mol. The first kappa shape index (κ1) is 14.1. The molecule has 3 heterocycles. The Morgan fingerprint density at radius 3 is 2.48 bits per heavy atom. The van der Waals surface area contributed by atoms with Crippen molar-refractivity contribution in [3.8, 4) is 0 Å². The minimum atomic E-state index is -0.416. The van der Waals surface area contributed by atoms with Crippen LogP contribution in [0.3, 0.4) is 0 Å². The van der Waals surface area contributed by atoms with Gasteiger partial charge in [-0.3, -0.25) is 10.1 Å². The molecule has 0 bridgehead atoms. The second-order valence-corrected chi connectivity index (χ2v) is 5.77. The normalized spacial score (nSPS) is 30.4. The number of rotatable bonds is 1. The first-order valence-corrected chi connectivity index (χ1v) is 7.38. The molecule has 0 aromatic heterocycles. The van der Waals surface area contributed by atoms with Crippen molar-refractivity contribution in [2.45, 2.75) is 19.1 Å². The van der Waals surface area contributed by atoms with Crippen molar-refractivity contribution >= 4 is 17.9 Å². The number of imide groups is 1. The van der Waals surface area contributed by atoms with Crippen LogP contribution in [-0.2, 0) is 4.79 Å². The molecule has 2 fully saturated rings. The van der Waals surface area contributed by atoms with Crippen LogP contribution in [0.4, 0.5) is 4.79 Å². The topological polar surface area (TPSA) is 71.5 Å². The van der Waals surface area contributed by atoms with Gasteiger partial charge < -0.3 is 19.6 Å². The largest absolute Gasteiger partial charge is 0.340 e. The zero-order valence-electron chi connectivity index (χ0n) is 12.7. The SMILES string of the molecule is CCN1C(N2CCN(C)CC2)=NC2C1C(=O)NC(=O)N2C. The van der Waals surface area contributed by atoms with Gasteiger partial charge in [0.05, 0.1) is 0 Å². The molecule has 8 heteroatoms. The van der Waals surface area contributed by atoms with Crippen molar-refractivity contribution in [2.75, 3.05) is 46.8 Å². The second-order valence-electron chi connectivity index (χ2n) is 5.77. The fraction of sp³-hybridized carbons (Fsp3) is 0.769. The van der Waals surface area contributed by atoms with Crippen molar-refractivity contribution in [1.29, 1.82) is 0 Å². The maximum Gasteiger partial charge on any atom is 0.325 e. The van der Waals surface area contributed by atoms with Crippen LogP contribution in [0.2, 0.25) is 0 Å². The molecule has 0 radical (unpaired) electrons. The number of aliphatic imine (C=N–C) groups is 1. The van der Waals surface area contributed by atoms with Crippen LogP contribution in [-0.4, -0.2) is 96.5 Å². The zero-order valence-corrected chi connectivity index (χ0v) is 12.7. The van der Waals surface area contributed by atoms with Crippen LogP contribution in [0, 0.1) is 0 Å². The molecule has 3 amide bonds. The Bertz CT molecular complexity index is 485. The zero-order chi connectivity index (χ0) is 15.1. The predicted molar refractivity (Wildman–Crippen MR) is 77.8 cm³/mol. The number of carbonyl (C=O) groups is 2. The van der Waals surface area contributed by atoms with E-state index in [1.54, 1.807) is 7.05 Å². The summed E-state index contributed by atoms with van der Waals surface area (Å²) < 4.78 is 0. The average Bonchev–Trinajstić information content (AvgIpc) is 2.85. The lowest BCUT2D eigenvalue weighted by molar-refractivity contribution is -0.127. The van der Waals surface area contributed by atoms with Crippen molar-refractivity contribution in [3.63, 3.8) is 0 Å². The van der Waals surface area contributed by atoms with Gasteiger partial charge in [0.25, 0.3) is 5.91 Å². The van der Waals surface area contributed by atoms with Crippen molar-refractivity contribution in [2.24, 2.45) is 4.99 Å². The molecule has 0 aliphatic carbocycles. The molecule has 116 valence electrons. The summed E-state index contributed by atoms with van der Waals surface area (Å²) in [6, 6.07) is -0.784. The Kier molecular flexibility index (Phi) is 3.48. The summed E-state index contributed by atoms with van der Waals surface area (Å²) in [7, 11) is 3.79. The van der Waals surface area contributed by atoms with Gasteiger partial charge in [0.15, 0.2) is 18.2 Å². The fourth-order valence-electron chi connectivity index (χ4n) is 3.12. The number of fused-ring (bicyclic) bond motifs is 1. The predicted octanol–water partition coefficient (Wildman–Crippen LogP) is -1.20. The van der Waals surface area contributed by atoms with Crippen LogP contribution < -0.4 is 5.32 Å². The minimum absolute atomic E-state index is 0.252. The Labute approximate surface area is 124 Å². The smallest absolute Gasteiger partial charge is 0.325 e. The summed E-state index contributed by atoms with van der Waals surface area (Å²) in [4.78, 5) is 36.6. The number of likely N-dealkylation sites (N-methyl/N-ethyl adjacent to an activating group) is 3. The van der Waals surface area contributed by atoms with Crippen LogP contribution in [0.5, 0.6) is 0 Å². The molecular formula is C13H22N6O2. The van der Waals surface area contributed by atoms with Gasteiger partial charge in [-0.25, -0.2) is 9.79 Å². The van der Waals surface area contributed by atoms with E-state index in [-0.39, 0.29) is 11.9 Å². The molecule has 2 atom stereocenters. The molecule has 0 saturated carbocycles. The molecule has 2 saturated heterocycles. The van der Waals surface area contributed by atoms with Crippen LogP contribution in [0.1, 0.15) is 6.92 Å². The third kappa shape index (κ3) is 2.23. The highest BCUT2D eigenvalue weighted by Crippen LogP contribution is 2.25. The van der Waals surface area contributed by atoms with Crippen LogP contribution >= 0.6 is 0 Å². The summed E-state index contributed by atoms with van der Waals surface area (Å²) in [5.74, 6) is 0.593. The van der Waals surface area contributed by atoms with E-state index in [4.69, 9.17) is 0 Å². The number of urea groups is 1. The van der Waals surface area contributed by atoms with E-state index in [2.05, 4.69) is 27.2 Å². The fourth-order valence-corrected chi connectivity index (χ4v) is 3.12. The maximum absolute atomic E-state index is 12.2. The highest BCUT2D eigenvalue weighted by atomic mass is 16.2. The number of nitrogens with zero attached hydrogens (tertiary/aromatic N) is 5. The summed E-state index contributed by atoms with van der Waals surface area (Å²) in [5, 5.41) is 2.40. The number of piperazine rings is 1. The molecule has 3 rings (SSSR count). The molecule has 3 aliphatic heterocycles. The van der Waals surface area contributed by atoms with Crippen LogP contribution in [0.15, 0.2) is 4.99 Å². The van der Waals surface area contributed by atoms with Crippen molar-refractivity contribution in [3.05, 3.63) is 0 Å². The summed E-state index contributed by atoms with van der Waals surface area (Å²) in [6.07, 6.45) is -0.416. The highest BCUT2D eigenvalue weighted by molar-refractivity contribution is 6.03. The first-order chi connectivity index (χ1) is 10.0. The molecule has 0 spiro atoms. The molecule has 0 aromatic rings. The van der Waals surface area contributed by atoms with Gasteiger partial charge in [0.2, 0.25) is 0 Å². The lowest BCUT2D eigenvalue weighted by atomic mass is 10.1. The maximum atomic E-state index is 12.2. The van der Waals surface area contributed by atoms with Crippen LogP contribution in [0.25, 0.3) is 0 Å². The van der Waals surface area contributed by atoms with Gasteiger partial charge in [-0.05, 0) is 14.0 Å². The summed E-state index contributed by atoms with van der Waals surface area (Å²) in [5.41, 5.74) is 0. The number of nitrogens with one attached hydrogen (secondary N) is 1. The third-order valence-electron chi connectivity index (χ3n) is 4.47. The number of carbonyl (C=O) groups excluding carboxylic acids is 2. The number of hydrogen-bond donors (Lipinski definition) is 1. The highest BCUT2D eigenvalue weighted by Gasteiger charge is 2.49. The number of guanidine groups is 1. The lowest BCUT2D eigenvalue weighted by Gasteiger charge is -2.39. The van der Waals surface area contributed by atoms with E-state index in [1.165, 1.54) is 4.90 Å². The number of amides is 3. The Hall–Kier alpha value is -1.83. The van der Waals surface area contributed by atoms with E-state index in [1.807, 2.05) is 11.8 Å². The second kappa shape index (κ2) is 5.18. The average molecular weight is 294 g/mol. The Morgan fingerprint density at radius 1 is 1.19 bits per heavy atom. The molecule has 21 heavy (non-hydrogen) atoms. The number of hydrogen-bond acceptors (Lipinski definition) is 6. The van der Waals surface area contributed by atoms with E-state index < -0.39 is 12.2 Å². The quantitative estimate of drug-likeness (QED) is 0.658. The Balaban J connectivity index is 1.86. The molecule has 1 N–H and O–H groups in total. The van der Waals surface area contributed by atoms with Gasteiger partial charge in [-0.1, -0.05) is 0 Å². The van der Waals surface area contributed by atoms with E-state index in [9.17, 15) is 9.59 Å². The van der Waals surface area contributed by atoms with E-state index in [0.29, 0.717) is 6.54 Å². The van der Waals surface area contributed by atoms with Gasteiger partial charge in [0, 0.05) is 39.8 Å². The lowest BCUT2D eigenvalue weighted by Crippen LogP contribution is -2.64. The van der Waals surface area contributed by atoms with Gasteiger partial charge >= 0.3 is 6.03 Å². The first-order valence-electron chi connectivity index (χ1n) is 7.38. The van der Waals surface area contributed by atoms with Gasteiger partial charge in [-0.15, -0.1) is 0 Å². The Morgan fingerprint density at radius 2 is 1.86 bits per heavy atom. The molecule has 3 aliphatic rings. The minimum Gasteiger partial charge on any atom is -0.340 e. The summed E-state index contributed by atoms with van der Waals surface area (Å²) in [6.45, 7) is 6.45. The standard InChI is InChI=1S/C13H22N6O2/c1-4-19-9-10(17(3)13(21)15-11(9)20)14-12(19)18-7-5-16(2)6-8-18/h9-10H,4-8H2,1-3H3,(H,15,20,21). The van der Waals surface area contributed by atoms with Crippen molar-refractivity contribution < 1.29 is 9.59 Å². The third-order valence-corrected chi connectivity index (χ3v) is 4.47. The van der Waals surface area contributed by atoms with E-state index in [0.717, 1.165) is 32.1 Å². The molecular weight excluding hydrogens is 272 g/mol. The van der Waals surface area contributed by atoms with Crippen molar-refractivity contribution in [1.82, 2.24) is 24.9 Å². The van der Waals surface area contributed by atoms with E-state index >= 15 is 0 Å². The van der Waals surface area contributed by atoms with Gasteiger partial charge in [-0.2, -0.15) is 0 Å². The van der Waals surface area contributed by atoms with Gasteiger partial charge in [0.1, 0.15) is 0 Å². The molecule has 8 nitrogen and oxygen atoms in total. The molecule has 2 unspecified atom stereocenters. The summed E-state index contributed by atoms with van der Waals surface area (Å²) >= 11 is 0.